The van der Waals surface area contributed by atoms with Gasteiger partial charge in [0.1, 0.15) is 16.3 Å². The fourth-order valence-corrected chi connectivity index (χ4v) is 3.90. The molecule has 136 valence electrons. The quantitative estimate of drug-likeness (QED) is 0.501. The second kappa shape index (κ2) is 7.06. The number of fused-ring (bicyclic) bond motifs is 2. The van der Waals surface area contributed by atoms with E-state index in [1.165, 1.54) is 11.3 Å². The first-order valence-electron chi connectivity index (χ1n) is 8.10. The number of pyridine rings is 1. The van der Waals surface area contributed by atoms with Crippen LogP contribution in [-0.2, 0) is 0 Å². The van der Waals surface area contributed by atoms with Crippen molar-refractivity contribution in [3.05, 3.63) is 58.4 Å². The number of anilines is 1. The van der Waals surface area contributed by atoms with E-state index in [0.717, 1.165) is 26.9 Å². The molecule has 4 aromatic rings. The third-order valence-electron chi connectivity index (χ3n) is 4.14. The van der Waals surface area contributed by atoms with Crippen molar-refractivity contribution in [2.45, 2.75) is 0 Å². The molecule has 0 radical (unpaired) electrons. The van der Waals surface area contributed by atoms with Crippen LogP contribution in [0.1, 0.15) is 9.67 Å². The van der Waals surface area contributed by atoms with E-state index in [9.17, 15) is 4.79 Å². The number of aromatic nitrogens is 1. The number of thiophene rings is 1. The zero-order chi connectivity index (χ0) is 19.0. The molecule has 27 heavy (non-hydrogen) atoms. The molecule has 0 aliphatic carbocycles. The maximum atomic E-state index is 12.7. The first kappa shape index (κ1) is 17.6. The lowest BCUT2D eigenvalue weighted by molar-refractivity contribution is 0.103. The largest absolute Gasteiger partial charge is 0.497 e. The number of amides is 1. The molecule has 5 nitrogen and oxygen atoms in total. The summed E-state index contributed by atoms with van der Waals surface area (Å²) in [6, 6.07) is 14.7. The second-order valence-electron chi connectivity index (χ2n) is 5.85. The SMILES string of the molecule is COc1ccc2cc3cc(C(=O)Nc4cc(Cl)ccc4OC)sc3nc2c1. The van der Waals surface area contributed by atoms with Crippen LogP contribution in [0.2, 0.25) is 5.02 Å². The summed E-state index contributed by atoms with van der Waals surface area (Å²) in [6.07, 6.45) is 0. The van der Waals surface area contributed by atoms with Gasteiger partial charge in [0.2, 0.25) is 0 Å². The summed E-state index contributed by atoms with van der Waals surface area (Å²) in [6.45, 7) is 0. The Balaban J connectivity index is 1.70. The van der Waals surface area contributed by atoms with Crippen molar-refractivity contribution in [2.75, 3.05) is 19.5 Å². The van der Waals surface area contributed by atoms with Crippen molar-refractivity contribution in [3.63, 3.8) is 0 Å². The van der Waals surface area contributed by atoms with Crippen LogP contribution in [0.5, 0.6) is 11.5 Å². The predicted molar refractivity (Wildman–Crippen MR) is 110 cm³/mol. The minimum absolute atomic E-state index is 0.236. The van der Waals surface area contributed by atoms with Crippen molar-refractivity contribution < 1.29 is 14.3 Å². The van der Waals surface area contributed by atoms with Gasteiger partial charge in [0.05, 0.1) is 30.3 Å². The van der Waals surface area contributed by atoms with Gasteiger partial charge in [-0.05, 0) is 42.5 Å². The normalized spacial score (nSPS) is 10.9. The molecular weight excluding hydrogens is 384 g/mol. The number of nitrogens with zero attached hydrogens (tertiary/aromatic N) is 1. The van der Waals surface area contributed by atoms with Gasteiger partial charge in [0.15, 0.2) is 0 Å². The molecule has 1 N–H and O–H groups in total. The average molecular weight is 399 g/mol. The van der Waals surface area contributed by atoms with E-state index >= 15 is 0 Å². The van der Waals surface area contributed by atoms with E-state index in [4.69, 9.17) is 21.1 Å². The lowest BCUT2D eigenvalue weighted by Gasteiger charge is -2.09. The number of nitrogens with one attached hydrogen (secondary N) is 1. The summed E-state index contributed by atoms with van der Waals surface area (Å²) in [7, 11) is 3.17. The molecule has 0 atom stereocenters. The van der Waals surface area contributed by atoms with E-state index < -0.39 is 0 Å². The fraction of sp³-hybridized carbons (Fsp3) is 0.100. The average Bonchev–Trinajstić information content (AvgIpc) is 3.09. The predicted octanol–water partition coefficient (Wildman–Crippen LogP) is 5.37. The number of carbonyl (C=O) groups excluding carboxylic acids is 1. The van der Waals surface area contributed by atoms with Gasteiger partial charge in [-0.15, -0.1) is 11.3 Å². The van der Waals surface area contributed by atoms with Crippen molar-refractivity contribution in [1.82, 2.24) is 4.98 Å². The number of rotatable bonds is 4. The summed E-state index contributed by atoms with van der Waals surface area (Å²) < 4.78 is 10.5. The van der Waals surface area contributed by atoms with Crippen molar-refractivity contribution in [1.29, 1.82) is 0 Å². The molecule has 2 aromatic carbocycles. The zero-order valence-electron chi connectivity index (χ0n) is 14.6. The standard InChI is InChI=1S/C20H15ClN2O3S/c1-25-14-5-3-11-7-12-8-18(27-20(12)23-15(11)10-14)19(24)22-16-9-13(21)4-6-17(16)26-2/h3-10H,1-2H3,(H,22,24). The summed E-state index contributed by atoms with van der Waals surface area (Å²) >= 11 is 7.36. The summed E-state index contributed by atoms with van der Waals surface area (Å²) in [5.74, 6) is 1.06. The Labute approximate surface area is 164 Å². The number of ether oxygens (including phenoxy) is 2. The van der Waals surface area contributed by atoms with Crippen LogP contribution in [-0.4, -0.2) is 25.1 Å². The molecule has 0 aliphatic heterocycles. The number of methoxy groups -OCH3 is 2. The van der Waals surface area contributed by atoms with Crippen molar-refractivity contribution in [2.24, 2.45) is 0 Å². The Morgan fingerprint density at radius 2 is 1.89 bits per heavy atom. The molecule has 7 heteroatoms. The molecular formula is C20H15ClN2O3S. The summed E-state index contributed by atoms with van der Waals surface area (Å²) in [4.78, 5) is 18.7. The first-order chi connectivity index (χ1) is 13.1. The lowest BCUT2D eigenvalue weighted by atomic mass is 10.2. The van der Waals surface area contributed by atoms with E-state index in [1.54, 1.807) is 32.4 Å². The molecule has 0 saturated heterocycles. The van der Waals surface area contributed by atoms with Crippen LogP contribution in [0, 0.1) is 0 Å². The van der Waals surface area contributed by atoms with Crippen molar-refractivity contribution >= 4 is 55.7 Å². The van der Waals surface area contributed by atoms with Gasteiger partial charge in [0, 0.05) is 21.9 Å². The van der Waals surface area contributed by atoms with Gasteiger partial charge >= 0.3 is 0 Å². The molecule has 2 aromatic heterocycles. The van der Waals surface area contributed by atoms with Gasteiger partial charge < -0.3 is 14.8 Å². The lowest BCUT2D eigenvalue weighted by Crippen LogP contribution is -2.11. The number of benzene rings is 2. The fourth-order valence-electron chi connectivity index (χ4n) is 2.81. The first-order valence-corrected chi connectivity index (χ1v) is 9.30. The van der Waals surface area contributed by atoms with E-state index in [2.05, 4.69) is 10.3 Å². The van der Waals surface area contributed by atoms with Crippen molar-refractivity contribution in [3.8, 4) is 11.5 Å². The van der Waals surface area contributed by atoms with E-state index in [-0.39, 0.29) is 5.91 Å². The highest BCUT2D eigenvalue weighted by Gasteiger charge is 2.15. The number of carbonyl (C=O) groups is 1. The third-order valence-corrected chi connectivity index (χ3v) is 5.42. The van der Waals surface area contributed by atoms with Crippen LogP contribution in [0.15, 0.2) is 48.5 Å². The second-order valence-corrected chi connectivity index (χ2v) is 7.32. The Bertz CT molecular complexity index is 1170. The smallest absolute Gasteiger partial charge is 0.265 e. The van der Waals surface area contributed by atoms with Crippen LogP contribution >= 0.6 is 22.9 Å². The third kappa shape index (κ3) is 3.41. The van der Waals surface area contributed by atoms with Gasteiger partial charge in [-0.2, -0.15) is 0 Å². The minimum atomic E-state index is -0.236. The maximum absolute atomic E-state index is 12.7. The Hall–Kier alpha value is -2.83. The number of hydrogen-bond donors (Lipinski definition) is 1. The molecule has 0 saturated carbocycles. The number of hydrogen-bond acceptors (Lipinski definition) is 5. The van der Waals surface area contributed by atoms with Crippen LogP contribution in [0.25, 0.3) is 21.1 Å². The van der Waals surface area contributed by atoms with E-state index in [0.29, 0.717) is 21.3 Å². The molecule has 4 rings (SSSR count). The van der Waals surface area contributed by atoms with Crippen LogP contribution in [0.3, 0.4) is 0 Å². The summed E-state index contributed by atoms with van der Waals surface area (Å²) in [5, 5.41) is 5.28. The monoisotopic (exact) mass is 398 g/mol. The Morgan fingerprint density at radius 3 is 2.67 bits per heavy atom. The minimum Gasteiger partial charge on any atom is -0.497 e. The van der Waals surface area contributed by atoms with Gasteiger partial charge in [-0.3, -0.25) is 4.79 Å². The Morgan fingerprint density at radius 1 is 1.04 bits per heavy atom. The maximum Gasteiger partial charge on any atom is 0.265 e. The molecule has 0 fully saturated rings. The van der Waals surface area contributed by atoms with Gasteiger partial charge in [-0.1, -0.05) is 11.6 Å². The summed E-state index contributed by atoms with van der Waals surface area (Å²) in [5.41, 5.74) is 1.35. The number of halogens is 1. The zero-order valence-corrected chi connectivity index (χ0v) is 16.1. The highest BCUT2D eigenvalue weighted by atomic mass is 35.5. The van der Waals surface area contributed by atoms with Crippen LogP contribution < -0.4 is 14.8 Å². The van der Waals surface area contributed by atoms with E-state index in [1.807, 2.05) is 30.3 Å². The Kier molecular flexibility index (Phi) is 4.59. The molecule has 0 aliphatic rings. The van der Waals surface area contributed by atoms with Gasteiger partial charge in [-0.25, -0.2) is 4.98 Å². The highest BCUT2D eigenvalue weighted by molar-refractivity contribution is 7.20. The van der Waals surface area contributed by atoms with Gasteiger partial charge in [0.25, 0.3) is 5.91 Å². The molecule has 1 amide bonds. The topological polar surface area (TPSA) is 60.5 Å². The molecule has 2 heterocycles. The molecule has 0 bridgehead atoms. The molecule has 0 spiro atoms. The van der Waals surface area contributed by atoms with Crippen LogP contribution in [0.4, 0.5) is 5.69 Å². The molecule has 0 unspecified atom stereocenters. The highest BCUT2D eigenvalue weighted by Crippen LogP contribution is 2.31.